The minimum atomic E-state index is -0.712. The summed E-state index contributed by atoms with van der Waals surface area (Å²) in [6.07, 6.45) is 4.91. The van der Waals surface area contributed by atoms with Gasteiger partial charge in [0.25, 0.3) is 0 Å². The van der Waals surface area contributed by atoms with Crippen LogP contribution in [0.2, 0.25) is 0 Å². The lowest BCUT2D eigenvalue weighted by atomic mass is 9.80. The van der Waals surface area contributed by atoms with Gasteiger partial charge in [-0.15, -0.1) is 0 Å². The number of hydrogen-bond donors (Lipinski definition) is 1. The molecule has 2 nitrogen and oxygen atoms in total. The molecule has 0 bridgehead atoms. The van der Waals surface area contributed by atoms with Gasteiger partial charge in [0.15, 0.2) is 0 Å². The second-order valence-corrected chi connectivity index (χ2v) is 5.43. The Bertz CT molecular complexity index is 418. The maximum atomic E-state index is 12.0. The molecule has 2 aliphatic carbocycles. The molecule has 0 aromatic heterocycles. The lowest BCUT2D eigenvalue weighted by Crippen LogP contribution is -2.35. The van der Waals surface area contributed by atoms with Crippen LogP contribution in [0, 0.1) is 5.92 Å². The summed E-state index contributed by atoms with van der Waals surface area (Å²) in [7, 11) is 0. The molecule has 1 aromatic carbocycles. The summed E-state index contributed by atoms with van der Waals surface area (Å²) in [5.74, 6) is 0.0603. The quantitative estimate of drug-likeness (QED) is 0.848. The minimum Gasteiger partial charge on any atom is -0.389 e. The second-order valence-electron chi connectivity index (χ2n) is 5.43. The molecule has 2 atom stereocenters. The van der Waals surface area contributed by atoms with Crippen molar-refractivity contribution < 1.29 is 9.90 Å². The molecule has 0 heterocycles. The van der Waals surface area contributed by atoms with E-state index in [1.54, 1.807) is 0 Å². The summed E-state index contributed by atoms with van der Waals surface area (Å²) in [5.41, 5.74) is 0.358. The predicted octanol–water partition coefficient (Wildman–Crippen LogP) is 2.66. The van der Waals surface area contributed by atoms with Crippen LogP contribution in [-0.2, 0) is 4.79 Å². The van der Waals surface area contributed by atoms with E-state index in [4.69, 9.17) is 0 Å². The van der Waals surface area contributed by atoms with Crippen LogP contribution in [-0.4, -0.2) is 16.5 Å². The van der Waals surface area contributed by atoms with Gasteiger partial charge in [0, 0.05) is 0 Å². The Hall–Kier alpha value is -1.15. The molecule has 2 fully saturated rings. The highest BCUT2D eigenvalue weighted by atomic mass is 16.3. The Morgan fingerprint density at radius 3 is 2.35 bits per heavy atom. The van der Waals surface area contributed by atoms with E-state index in [1.807, 2.05) is 30.3 Å². The number of carbonyl (C=O) groups excluding carboxylic acids is 1. The number of ketones is 1. The fraction of sp³-hybridized carbons (Fsp3) is 0.533. The fourth-order valence-electron chi connectivity index (χ4n) is 3.31. The summed E-state index contributed by atoms with van der Waals surface area (Å²) in [6, 6.07) is 9.87. The van der Waals surface area contributed by atoms with Crippen molar-refractivity contribution in [3.05, 3.63) is 35.9 Å². The van der Waals surface area contributed by atoms with E-state index in [2.05, 4.69) is 0 Å². The molecule has 0 aliphatic heterocycles. The molecule has 17 heavy (non-hydrogen) atoms. The van der Waals surface area contributed by atoms with Gasteiger partial charge in [0.2, 0.25) is 0 Å². The molecule has 0 radical (unpaired) electrons. The van der Waals surface area contributed by atoms with Crippen molar-refractivity contribution in [3.63, 3.8) is 0 Å². The van der Waals surface area contributed by atoms with Gasteiger partial charge in [0.1, 0.15) is 5.78 Å². The molecule has 2 heteroatoms. The van der Waals surface area contributed by atoms with Gasteiger partial charge in [-0.2, -0.15) is 0 Å². The van der Waals surface area contributed by atoms with E-state index in [-0.39, 0.29) is 17.6 Å². The first-order chi connectivity index (χ1) is 8.22. The largest absolute Gasteiger partial charge is 0.389 e. The Kier molecular flexibility index (Phi) is 2.55. The predicted molar refractivity (Wildman–Crippen MR) is 65.7 cm³/mol. The van der Waals surface area contributed by atoms with Crippen molar-refractivity contribution >= 4 is 5.78 Å². The van der Waals surface area contributed by atoms with Crippen LogP contribution in [0.3, 0.4) is 0 Å². The fourth-order valence-corrected chi connectivity index (χ4v) is 3.31. The summed E-state index contributed by atoms with van der Waals surface area (Å²) >= 11 is 0. The average molecular weight is 230 g/mol. The van der Waals surface area contributed by atoms with Crippen molar-refractivity contribution in [1.82, 2.24) is 0 Å². The molecule has 0 saturated heterocycles. The Balaban J connectivity index is 1.81. The van der Waals surface area contributed by atoms with Crippen LogP contribution >= 0.6 is 0 Å². The zero-order chi connectivity index (χ0) is 11.9. The summed E-state index contributed by atoms with van der Waals surface area (Å²) < 4.78 is 0. The van der Waals surface area contributed by atoms with Crippen LogP contribution in [0.25, 0.3) is 0 Å². The molecule has 3 rings (SSSR count). The third-order valence-corrected chi connectivity index (χ3v) is 4.29. The first-order valence-electron chi connectivity index (χ1n) is 6.53. The van der Waals surface area contributed by atoms with Crippen LogP contribution < -0.4 is 0 Å². The third kappa shape index (κ3) is 1.81. The van der Waals surface area contributed by atoms with Crippen LogP contribution in [0.4, 0.5) is 0 Å². The highest BCUT2D eigenvalue weighted by Crippen LogP contribution is 2.53. The van der Waals surface area contributed by atoms with Crippen molar-refractivity contribution in [3.8, 4) is 0 Å². The highest BCUT2D eigenvalue weighted by molar-refractivity contribution is 6.05. The molecule has 1 unspecified atom stereocenters. The molecule has 2 aliphatic rings. The van der Waals surface area contributed by atoms with Crippen molar-refractivity contribution in [2.75, 3.05) is 0 Å². The number of rotatable bonds is 2. The van der Waals surface area contributed by atoms with Gasteiger partial charge in [0.05, 0.1) is 17.4 Å². The zero-order valence-corrected chi connectivity index (χ0v) is 9.93. The lowest BCUT2D eigenvalue weighted by Gasteiger charge is -2.31. The first-order valence-corrected chi connectivity index (χ1v) is 6.53. The van der Waals surface area contributed by atoms with Crippen LogP contribution in [0.1, 0.15) is 43.6 Å². The lowest BCUT2D eigenvalue weighted by molar-refractivity contribution is -0.115. The van der Waals surface area contributed by atoms with E-state index in [9.17, 15) is 9.90 Å². The molecular weight excluding hydrogens is 212 g/mol. The number of carbonyl (C=O) groups is 1. The normalized spacial score (nSPS) is 31.2. The molecule has 1 N–H and O–H groups in total. The third-order valence-electron chi connectivity index (χ3n) is 4.29. The van der Waals surface area contributed by atoms with Crippen LogP contribution in [0.15, 0.2) is 30.3 Å². The minimum absolute atomic E-state index is 0.0423. The molecule has 0 spiro atoms. The SMILES string of the molecule is O=C1C(C2(O)CCCCC2)[C@@H]1c1ccccc1. The Morgan fingerprint density at radius 1 is 1.06 bits per heavy atom. The maximum Gasteiger partial charge on any atom is 0.148 e. The summed E-state index contributed by atoms with van der Waals surface area (Å²) in [6.45, 7) is 0. The molecule has 2 saturated carbocycles. The van der Waals surface area contributed by atoms with Gasteiger partial charge < -0.3 is 5.11 Å². The number of Topliss-reactive ketones (excluding diaryl/α,β-unsaturated/α-hetero) is 1. The highest BCUT2D eigenvalue weighted by Gasteiger charge is 2.60. The summed E-state index contributed by atoms with van der Waals surface area (Å²) in [5, 5.41) is 10.6. The number of hydrogen-bond acceptors (Lipinski definition) is 2. The van der Waals surface area contributed by atoms with E-state index in [0.29, 0.717) is 0 Å². The standard InChI is InChI=1S/C15H18O2/c16-14-12(11-7-3-1-4-8-11)13(14)15(17)9-5-2-6-10-15/h1,3-4,7-8,12-13,17H,2,5-6,9-10H2/t12-,13?/m0/s1. The van der Waals surface area contributed by atoms with E-state index in [1.165, 1.54) is 6.42 Å². The molecule has 1 aromatic rings. The van der Waals surface area contributed by atoms with Crippen molar-refractivity contribution in [2.24, 2.45) is 5.92 Å². The van der Waals surface area contributed by atoms with Crippen molar-refractivity contribution in [1.29, 1.82) is 0 Å². The first kappa shape index (κ1) is 11.0. The Labute approximate surface area is 102 Å². The molecule has 0 amide bonds. The van der Waals surface area contributed by atoms with E-state index >= 15 is 0 Å². The second kappa shape index (κ2) is 3.95. The maximum absolute atomic E-state index is 12.0. The van der Waals surface area contributed by atoms with Gasteiger partial charge in [-0.05, 0) is 18.4 Å². The summed E-state index contributed by atoms with van der Waals surface area (Å²) in [4.78, 5) is 12.0. The zero-order valence-electron chi connectivity index (χ0n) is 9.93. The smallest absolute Gasteiger partial charge is 0.148 e. The van der Waals surface area contributed by atoms with Gasteiger partial charge in [-0.3, -0.25) is 4.79 Å². The number of benzene rings is 1. The van der Waals surface area contributed by atoms with Gasteiger partial charge >= 0.3 is 0 Å². The monoisotopic (exact) mass is 230 g/mol. The van der Waals surface area contributed by atoms with Crippen molar-refractivity contribution in [2.45, 2.75) is 43.6 Å². The van der Waals surface area contributed by atoms with Gasteiger partial charge in [-0.25, -0.2) is 0 Å². The van der Waals surface area contributed by atoms with E-state index < -0.39 is 5.60 Å². The van der Waals surface area contributed by atoms with Crippen LogP contribution in [0.5, 0.6) is 0 Å². The molecule has 90 valence electrons. The molecular formula is C15H18O2. The number of aliphatic hydroxyl groups is 1. The topological polar surface area (TPSA) is 37.3 Å². The van der Waals surface area contributed by atoms with Gasteiger partial charge in [-0.1, -0.05) is 49.6 Å². The van der Waals surface area contributed by atoms with E-state index in [0.717, 1.165) is 31.2 Å². The Morgan fingerprint density at radius 2 is 1.71 bits per heavy atom. The average Bonchev–Trinajstić information content (AvgIpc) is 3.04.